The van der Waals surface area contributed by atoms with E-state index in [0.29, 0.717) is 34.0 Å². The average molecular weight is 903 g/mol. The van der Waals surface area contributed by atoms with Gasteiger partial charge in [-0.1, -0.05) is 53.5 Å². The molecule has 4 aromatic carbocycles. The highest BCUT2D eigenvalue weighted by molar-refractivity contribution is 7.86. The summed E-state index contributed by atoms with van der Waals surface area (Å²) in [5, 5.41) is -1.04. The van der Waals surface area contributed by atoms with Gasteiger partial charge in [0.05, 0.1) is 55.4 Å². The summed E-state index contributed by atoms with van der Waals surface area (Å²) in [5.41, 5.74) is 0.175. The molecule has 0 atom stereocenters. The number of halogens is 8. The topological polar surface area (TPSA) is 130 Å². The number of benzene rings is 4. The van der Waals surface area contributed by atoms with Crippen LogP contribution in [0.15, 0.2) is 101 Å². The zero-order valence-electron chi connectivity index (χ0n) is 31.0. The van der Waals surface area contributed by atoms with Crippen molar-refractivity contribution in [1.29, 1.82) is 0 Å². The second-order valence-electron chi connectivity index (χ2n) is 13.4. The first-order valence-corrected chi connectivity index (χ1v) is 21.4. The molecular formula is C39H33Cl2F6N4O6S2-. The van der Waals surface area contributed by atoms with Gasteiger partial charge in [-0.3, -0.25) is 0 Å². The van der Waals surface area contributed by atoms with Crippen LogP contribution in [0, 0.1) is 0 Å². The molecule has 0 unspecified atom stereocenters. The van der Waals surface area contributed by atoms with Crippen molar-refractivity contribution in [3.8, 4) is 0 Å². The molecule has 5 aromatic rings. The van der Waals surface area contributed by atoms with Gasteiger partial charge in [-0.2, -0.15) is 26.3 Å². The van der Waals surface area contributed by atoms with Crippen LogP contribution in [0.5, 0.6) is 0 Å². The van der Waals surface area contributed by atoms with Crippen molar-refractivity contribution in [3.63, 3.8) is 0 Å². The van der Waals surface area contributed by atoms with Gasteiger partial charge in [0, 0.05) is 37.7 Å². The van der Waals surface area contributed by atoms with E-state index in [2.05, 4.69) is 0 Å². The lowest BCUT2D eigenvalue weighted by atomic mass is 10.1. The molecule has 10 nitrogen and oxygen atoms in total. The number of hydrogen-bond acceptors (Lipinski definition) is 8. The van der Waals surface area contributed by atoms with Crippen LogP contribution in [0.2, 0.25) is 10.0 Å². The Morgan fingerprint density at radius 3 is 1.71 bits per heavy atom. The second kappa shape index (κ2) is 16.5. The lowest BCUT2D eigenvalue weighted by molar-refractivity contribution is -0.673. The molecule has 59 heavy (non-hydrogen) atoms. The highest BCUT2D eigenvalue weighted by Crippen LogP contribution is 2.48. The van der Waals surface area contributed by atoms with Crippen molar-refractivity contribution >= 4 is 71.9 Å². The maximum absolute atomic E-state index is 14.1. The summed E-state index contributed by atoms with van der Waals surface area (Å²) < 4.78 is 157. The minimum Gasteiger partial charge on any atom is -0.744 e. The Labute approximate surface area is 345 Å². The second-order valence-corrected chi connectivity index (χ2v) is 16.9. The number of aryl methyl sites for hydroxylation is 3. The fourth-order valence-electron chi connectivity index (χ4n) is 7.03. The number of hydrogen-bond donors (Lipinski definition) is 0. The van der Waals surface area contributed by atoms with Crippen LogP contribution in [0.1, 0.15) is 41.9 Å². The lowest BCUT2D eigenvalue weighted by Gasteiger charge is -2.24. The molecule has 0 fully saturated rings. The number of imidazole rings is 1. The largest absolute Gasteiger partial charge is 0.744 e. The molecule has 0 saturated carbocycles. The Morgan fingerprint density at radius 2 is 1.20 bits per heavy atom. The summed E-state index contributed by atoms with van der Waals surface area (Å²) in [6, 6.07) is 14.7. The molecule has 1 aromatic heterocycles. The summed E-state index contributed by atoms with van der Waals surface area (Å²) >= 11 is 12.3. The minimum atomic E-state index is -4.79. The van der Waals surface area contributed by atoms with E-state index in [0.717, 1.165) is 36.4 Å². The fraction of sp³-hybridized carbons (Fsp3) is 0.256. The predicted molar refractivity (Wildman–Crippen MR) is 208 cm³/mol. The Balaban J connectivity index is 1.45. The van der Waals surface area contributed by atoms with Gasteiger partial charge in [0.15, 0.2) is 11.0 Å². The van der Waals surface area contributed by atoms with E-state index >= 15 is 0 Å². The third-order valence-electron chi connectivity index (χ3n) is 9.80. The third-order valence-corrected chi connectivity index (χ3v) is 12.1. The van der Waals surface area contributed by atoms with Crippen molar-refractivity contribution in [1.82, 2.24) is 4.57 Å². The van der Waals surface area contributed by atoms with E-state index < -0.39 is 63.6 Å². The first-order valence-electron chi connectivity index (χ1n) is 17.8. The summed E-state index contributed by atoms with van der Waals surface area (Å²) in [6.45, 7) is 4.30. The van der Waals surface area contributed by atoms with Crippen molar-refractivity contribution in [2.24, 2.45) is 0 Å². The van der Waals surface area contributed by atoms with Gasteiger partial charge in [0.2, 0.25) is 0 Å². The standard InChI is InChI=1S/C39H34Cl2F6N4O6S2/c1-3-48-34-22-30(40)28(38(42,43)44)20-32(34)50(18-16-24-8-12-26(13-9-24)58(52,53)54)36(48)6-5-7-37-49(4-2)35-23-31(41)29(39(45,46)47)21-33(35)51(37)19-17-25-10-14-27(15-11-25)59(55,56)57/h5-15,20-23H,3-4,16-19H2,1-2H3,(H-,52,53,54,55,56,57)/p-1. The summed E-state index contributed by atoms with van der Waals surface area (Å²) in [7, 11) is -9.42. The van der Waals surface area contributed by atoms with Gasteiger partial charge in [-0.05, 0) is 73.9 Å². The molecule has 1 aliphatic rings. The number of rotatable bonds is 12. The van der Waals surface area contributed by atoms with Crippen molar-refractivity contribution in [2.75, 3.05) is 22.9 Å². The molecule has 1 aliphatic heterocycles. The summed E-state index contributed by atoms with van der Waals surface area (Å²) in [6.07, 6.45) is -4.29. The Bertz CT molecular complexity index is 2700. The number of nitrogens with zero attached hydrogens (tertiary/aromatic N) is 4. The molecule has 0 N–H and O–H groups in total. The van der Waals surface area contributed by atoms with Gasteiger partial charge in [0.25, 0.3) is 5.82 Å². The summed E-state index contributed by atoms with van der Waals surface area (Å²) in [5.74, 6) is 0.851. The minimum absolute atomic E-state index is 0.0892. The molecule has 0 radical (unpaired) electrons. The van der Waals surface area contributed by atoms with Crippen LogP contribution in [-0.4, -0.2) is 43.6 Å². The van der Waals surface area contributed by atoms with E-state index in [1.165, 1.54) is 36.4 Å². The van der Waals surface area contributed by atoms with Crippen molar-refractivity contribution < 1.29 is 56.9 Å². The zero-order valence-corrected chi connectivity index (χ0v) is 34.1. The van der Waals surface area contributed by atoms with E-state index in [1.807, 2.05) is 0 Å². The molecule has 0 saturated heterocycles. The first kappa shape index (κ1) is 44.0. The van der Waals surface area contributed by atoms with Crippen LogP contribution in [0.25, 0.3) is 17.1 Å². The van der Waals surface area contributed by atoms with Gasteiger partial charge in [0.1, 0.15) is 26.1 Å². The van der Waals surface area contributed by atoms with Crippen molar-refractivity contribution in [2.45, 2.75) is 61.9 Å². The van der Waals surface area contributed by atoms with E-state index in [9.17, 15) is 52.3 Å². The SMILES string of the molecule is CCN1C(=CC=Cc2n(CC)c3cc(Cl)c(C(F)(F)F)cc3[n+]2CCc2ccc(S(=O)(=O)[O-])cc2)N(CCc2ccc(S(=O)(=O)[O-])cc2)c2cc(C(F)(F)F)c(Cl)cc21. The maximum atomic E-state index is 14.1. The van der Waals surface area contributed by atoms with E-state index in [-0.39, 0.29) is 50.2 Å². The molecule has 0 spiro atoms. The van der Waals surface area contributed by atoms with Gasteiger partial charge < -0.3 is 18.9 Å². The normalized spacial score (nSPS) is 14.7. The Morgan fingerprint density at radius 1 is 0.695 bits per heavy atom. The molecule has 2 heterocycles. The van der Waals surface area contributed by atoms with Crippen LogP contribution in [-0.2, 0) is 58.5 Å². The van der Waals surface area contributed by atoms with Crippen LogP contribution in [0.3, 0.4) is 0 Å². The molecule has 0 bridgehead atoms. The molecule has 20 heteroatoms. The molecule has 6 rings (SSSR count). The van der Waals surface area contributed by atoms with Gasteiger partial charge in [-0.15, -0.1) is 0 Å². The Hall–Kier alpha value is -4.59. The third kappa shape index (κ3) is 9.27. The summed E-state index contributed by atoms with van der Waals surface area (Å²) in [4.78, 5) is 2.50. The lowest BCUT2D eigenvalue weighted by Crippen LogP contribution is -2.37. The van der Waals surface area contributed by atoms with Crippen LogP contribution in [0.4, 0.5) is 37.7 Å². The van der Waals surface area contributed by atoms with Gasteiger partial charge in [-0.25, -0.2) is 26.0 Å². The number of aromatic nitrogens is 2. The molecule has 0 aliphatic carbocycles. The first-order chi connectivity index (χ1) is 27.5. The number of alkyl halides is 6. The smallest absolute Gasteiger partial charge is 0.418 e. The highest BCUT2D eigenvalue weighted by atomic mass is 35.5. The highest BCUT2D eigenvalue weighted by Gasteiger charge is 2.39. The van der Waals surface area contributed by atoms with Crippen LogP contribution >= 0.6 is 23.2 Å². The fourth-order valence-corrected chi connectivity index (χ4v) is 8.50. The number of allylic oxidation sites excluding steroid dienone is 2. The predicted octanol–water partition coefficient (Wildman–Crippen LogP) is 8.79. The monoisotopic (exact) mass is 901 g/mol. The van der Waals surface area contributed by atoms with Crippen LogP contribution < -0.4 is 14.4 Å². The van der Waals surface area contributed by atoms with Crippen molar-refractivity contribution in [3.05, 3.63) is 129 Å². The molecule has 314 valence electrons. The van der Waals surface area contributed by atoms with Gasteiger partial charge >= 0.3 is 12.4 Å². The van der Waals surface area contributed by atoms with E-state index in [1.54, 1.807) is 51.0 Å². The zero-order chi connectivity index (χ0) is 43.2. The number of fused-ring (bicyclic) bond motifs is 2. The van der Waals surface area contributed by atoms with E-state index in [4.69, 9.17) is 23.2 Å². The molecular weight excluding hydrogens is 869 g/mol. The number of anilines is 2. The average Bonchev–Trinajstić information content (AvgIpc) is 3.60. The quantitative estimate of drug-likeness (QED) is 0.0691. The maximum Gasteiger partial charge on any atom is 0.418 e. The Kier molecular flexibility index (Phi) is 12.3. The molecule has 0 amide bonds.